The summed E-state index contributed by atoms with van der Waals surface area (Å²) in [6, 6.07) is 18.4. The van der Waals surface area contributed by atoms with E-state index in [-0.39, 0.29) is 25.3 Å². The molecule has 9 heteroatoms. The number of anilines is 2. The van der Waals surface area contributed by atoms with Crippen molar-refractivity contribution in [3.8, 4) is 0 Å². The van der Waals surface area contributed by atoms with Crippen molar-refractivity contribution in [2.24, 2.45) is 0 Å². The zero-order valence-corrected chi connectivity index (χ0v) is 21.7. The number of carbonyl (C=O) groups excluding carboxylic acids is 3. The van der Waals surface area contributed by atoms with Gasteiger partial charge in [-0.1, -0.05) is 41.4 Å². The van der Waals surface area contributed by atoms with Gasteiger partial charge in [-0.3, -0.25) is 14.4 Å². The van der Waals surface area contributed by atoms with E-state index >= 15 is 0 Å². The Labute approximate surface area is 225 Å². The van der Waals surface area contributed by atoms with Crippen LogP contribution in [0.2, 0.25) is 5.02 Å². The number of hydrogen-bond acceptors (Lipinski definition) is 7. The Morgan fingerprint density at radius 3 is 2.32 bits per heavy atom. The second-order valence-corrected chi connectivity index (χ2v) is 9.85. The van der Waals surface area contributed by atoms with Gasteiger partial charge in [0.15, 0.2) is 0 Å². The van der Waals surface area contributed by atoms with Crippen molar-refractivity contribution in [3.05, 3.63) is 93.5 Å². The molecule has 0 aliphatic carbocycles. The molecule has 3 aromatic carbocycles. The lowest BCUT2D eigenvalue weighted by Gasteiger charge is -2.32. The largest absolute Gasteiger partial charge is 0.416 e. The highest BCUT2D eigenvalue weighted by atomic mass is 35.5. The maximum Gasteiger partial charge on any atom is 0.309 e. The number of nitrogens with one attached hydrogen (secondary N) is 3. The summed E-state index contributed by atoms with van der Waals surface area (Å²) in [5.41, 5.74) is 5.45. The minimum Gasteiger partial charge on any atom is -0.416 e. The van der Waals surface area contributed by atoms with E-state index in [0.717, 1.165) is 22.4 Å². The average molecular weight is 534 g/mol. The number of hydrogen-bond donors (Lipinski definition) is 3. The number of amides is 1. The van der Waals surface area contributed by atoms with E-state index in [1.54, 1.807) is 24.3 Å². The zero-order chi connectivity index (χ0) is 26.7. The van der Waals surface area contributed by atoms with Gasteiger partial charge in [0.1, 0.15) is 0 Å². The third-order valence-corrected chi connectivity index (χ3v) is 6.98. The Hall–Kier alpha value is -3.88. The van der Waals surface area contributed by atoms with Gasteiger partial charge in [-0.15, -0.1) is 0 Å². The molecule has 0 saturated carbocycles. The first kappa shape index (κ1) is 25.8. The molecule has 1 spiro atoms. The van der Waals surface area contributed by atoms with Crippen LogP contribution in [0.4, 0.5) is 11.4 Å². The first-order valence-electron chi connectivity index (χ1n) is 12.5. The van der Waals surface area contributed by atoms with Gasteiger partial charge in [0.2, 0.25) is 0 Å². The van der Waals surface area contributed by atoms with Crippen LogP contribution >= 0.6 is 11.6 Å². The summed E-state index contributed by atoms with van der Waals surface area (Å²) in [5, 5.41) is 10.0. The van der Waals surface area contributed by atoms with Crippen molar-refractivity contribution in [1.29, 1.82) is 0 Å². The summed E-state index contributed by atoms with van der Waals surface area (Å²) in [4.78, 5) is 37.3. The highest BCUT2D eigenvalue weighted by molar-refractivity contribution is 6.33. The average Bonchev–Trinajstić information content (AvgIpc) is 3.17. The van der Waals surface area contributed by atoms with E-state index in [2.05, 4.69) is 16.0 Å². The molecular weight excluding hydrogens is 506 g/mol. The number of fused-ring (bicyclic) bond motifs is 2. The highest BCUT2D eigenvalue weighted by Gasteiger charge is 2.46. The SMILES string of the molecule is Cc1ccc(NC(=O)c2ccc(CNc3c(Cl)ccc4c3CCNCC43OC(=O)CCC(=O)O3)cc2)cc1. The van der Waals surface area contributed by atoms with Crippen molar-refractivity contribution in [3.63, 3.8) is 0 Å². The summed E-state index contributed by atoms with van der Waals surface area (Å²) in [6.07, 6.45) is 0.550. The van der Waals surface area contributed by atoms with Crippen molar-refractivity contribution in [2.45, 2.75) is 38.5 Å². The molecule has 196 valence electrons. The molecule has 0 radical (unpaired) electrons. The van der Waals surface area contributed by atoms with Gasteiger partial charge in [0.25, 0.3) is 11.7 Å². The number of esters is 2. The minimum atomic E-state index is -1.54. The first-order chi connectivity index (χ1) is 18.3. The van der Waals surface area contributed by atoms with Crippen molar-refractivity contribution in [2.75, 3.05) is 23.7 Å². The molecule has 38 heavy (non-hydrogen) atoms. The smallest absolute Gasteiger partial charge is 0.309 e. The van der Waals surface area contributed by atoms with Crippen LogP contribution in [0.5, 0.6) is 0 Å². The predicted molar refractivity (Wildman–Crippen MR) is 144 cm³/mol. The monoisotopic (exact) mass is 533 g/mol. The van der Waals surface area contributed by atoms with Crippen LogP contribution in [0.15, 0.2) is 60.7 Å². The Kier molecular flexibility index (Phi) is 7.35. The fraction of sp³-hybridized carbons (Fsp3) is 0.276. The lowest BCUT2D eigenvalue weighted by Crippen LogP contribution is -2.43. The molecule has 2 heterocycles. The van der Waals surface area contributed by atoms with Gasteiger partial charge in [-0.25, -0.2) is 0 Å². The molecule has 5 rings (SSSR count). The molecule has 1 amide bonds. The molecule has 0 atom stereocenters. The van der Waals surface area contributed by atoms with Gasteiger partial charge in [-0.2, -0.15) is 0 Å². The first-order valence-corrected chi connectivity index (χ1v) is 12.9. The molecule has 0 unspecified atom stereocenters. The van der Waals surface area contributed by atoms with E-state index < -0.39 is 17.7 Å². The third kappa shape index (κ3) is 5.51. The number of carbonyl (C=O) groups is 3. The van der Waals surface area contributed by atoms with Gasteiger partial charge in [0.05, 0.1) is 30.1 Å². The summed E-state index contributed by atoms with van der Waals surface area (Å²) in [6.45, 7) is 3.18. The topological polar surface area (TPSA) is 106 Å². The number of benzene rings is 3. The van der Waals surface area contributed by atoms with Crippen LogP contribution in [0.3, 0.4) is 0 Å². The molecule has 2 aliphatic heterocycles. The number of rotatable bonds is 5. The van der Waals surface area contributed by atoms with Crippen molar-refractivity contribution in [1.82, 2.24) is 5.32 Å². The summed E-state index contributed by atoms with van der Waals surface area (Å²) in [5.74, 6) is -2.69. The molecule has 1 fully saturated rings. The van der Waals surface area contributed by atoms with E-state index in [1.807, 2.05) is 43.3 Å². The Morgan fingerprint density at radius 1 is 0.947 bits per heavy atom. The normalized spacial score (nSPS) is 16.5. The third-order valence-electron chi connectivity index (χ3n) is 6.67. The lowest BCUT2D eigenvalue weighted by molar-refractivity contribution is -0.225. The molecule has 2 aliphatic rings. The fourth-order valence-electron chi connectivity index (χ4n) is 4.67. The van der Waals surface area contributed by atoms with E-state index in [0.29, 0.717) is 41.3 Å². The number of halogens is 1. The maximum atomic E-state index is 12.6. The minimum absolute atomic E-state index is 0.0202. The quantitative estimate of drug-likeness (QED) is 0.408. The Balaban J connectivity index is 1.34. The summed E-state index contributed by atoms with van der Waals surface area (Å²) < 4.78 is 11.4. The second-order valence-electron chi connectivity index (χ2n) is 9.45. The molecule has 8 nitrogen and oxygen atoms in total. The molecule has 1 saturated heterocycles. The van der Waals surface area contributed by atoms with Crippen LogP contribution in [-0.2, 0) is 37.8 Å². The maximum absolute atomic E-state index is 12.6. The summed E-state index contributed by atoms with van der Waals surface area (Å²) >= 11 is 6.60. The fourth-order valence-corrected chi connectivity index (χ4v) is 4.91. The van der Waals surface area contributed by atoms with Crippen molar-refractivity contribution < 1.29 is 23.9 Å². The van der Waals surface area contributed by atoms with Crippen LogP contribution in [0.25, 0.3) is 0 Å². The van der Waals surface area contributed by atoms with Crippen LogP contribution in [-0.4, -0.2) is 30.9 Å². The molecule has 3 N–H and O–H groups in total. The lowest BCUT2D eigenvalue weighted by atomic mass is 9.96. The van der Waals surface area contributed by atoms with Gasteiger partial charge in [-0.05, 0) is 67.4 Å². The standard InChI is InChI=1S/C29H28ClN3O5/c1-18-2-8-21(9-3-18)33-28(36)20-6-4-19(5-7-20)16-32-27-22-14-15-31-17-29(23(22)10-11-24(27)30)37-25(34)12-13-26(35)38-29/h2-11,31-32H,12-17H2,1H3,(H,33,36). The van der Waals surface area contributed by atoms with E-state index in [9.17, 15) is 14.4 Å². The van der Waals surface area contributed by atoms with E-state index in [1.165, 1.54) is 0 Å². The highest BCUT2D eigenvalue weighted by Crippen LogP contribution is 2.40. The summed E-state index contributed by atoms with van der Waals surface area (Å²) in [7, 11) is 0. The van der Waals surface area contributed by atoms with Crippen LogP contribution in [0, 0.1) is 6.92 Å². The molecular formula is C29H28ClN3O5. The van der Waals surface area contributed by atoms with Gasteiger partial charge < -0.3 is 25.4 Å². The van der Waals surface area contributed by atoms with Crippen LogP contribution < -0.4 is 16.0 Å². The second kappa shape index (κ2) is 10.8. The number of ether oxygens (including phenoxy) is 2. The van der Waals surface area contributed by atoms with E-state index in [4.69, 9.17) is 21.1 Å². The Bertz CT molecular complexity index is 1350. The van der Waals surface area contributed by atoms with Crippen LogP contribution in [0.1, 0.15) is 45.5 Å². The number of aryl methyl sites for hydroxylation is 1. The van der Waals surface area contributed by atoms with Gasteiger partial charge in [0, 0.05) is 23.4 Å². The molecule has 0 bridgehead atoms. The Morgan fingerprint density at radius 2 is 1.63 bits per heavy atom. The van der Waals surface area contributed by atoms with Gasteiger partial charge >= 0.3 is 11.9 Å². The predicted octanol–water partition coefficient (Wildman–Crippen LogP) is 4.69. The van der Waals surface area contributed by atoms with Crippen molar-refractivity contribution >= 4 is 40.8 Å². The molecule has 3 aromatic rings. The zero-order valence-electron chi connectivity index (χ0n) is 20.9. The molecule has 0 aromatic heterocycles.